The molecule has 0 radical (unpaired) electrons. The number of piperazine rings is 1. The lowest BCUT2D eigenvalue weighted by atomic mass is 10.0. The SMILES string of the molecule is Cc1[nH]ncc1-c1cccc(C(=O)N2CCN3C[C@@H](c4ccc(F)c(Cl)c4)OC[C@@H]3C2)c1Cl. The predicted octanol–water partition coefficient (Wildman–Crippen LogP) is 4.73. The van der Waals surface area contributed by atoms with Crippen LogP contribution in [0.15, 0.2) is 42.6 Å². The van der Waals surface area contributed by atoms with Crippen LogP contribution >= 0.6 is 23.2 Å². The van der Waals surface area contributed by atoms with Gasteiger partial charge in [0.05, 0.1) is 40.6 Å². The van der Waals surface area contributed by atoms with Crippen LogP contribution in [0.2, 0.25) is 10.0 Å². The van der Waals surface area contributed by atoms with Crippen molar-refractivity contribution in [3.63, 3.8) is 0 Å². The summed E-state index contributed by atoms with van der Waals surface area (Å²) >= 11 is 12.6. The fraction of sp³-hybridized carbons (Fsp3) is 0.333. The molecule has 1 amide bonds. The van der Waals surface area contributed by atoms with Crippen molar-refractivity contribution in [2.24, 2.45) is 0 Å². The minimum absolute atomic E-state index is 0.0879. The predicted molar refractivity (Wildman–Crippen MR) is 125 cm³/mol. The van der Waals surface area contributed by atoms with Crippen LogP contribution in [0, 0.1) is 12.7 Å². The van der Waals surface area contributed by atoms with Crippen LogP contribution < -0.4 is 0 Å². The monoisotopic (exact) mass is 488 g/mol. The molecule has 0 aliphatic carbocycles. The van der Waals surface area contributed by atoms with Crippen LogP contribution in [-0.2, 0) is 4.74 Å². The maximum atomic E-state index is 13.5. The van der Waals surface area contributed by atoms with Crippen LogP contribution in [0.5, 0.6) is 0 Å². The van der Waals surface area contributed by atoms with Crippen LogP contribution in [0.25, 0.3) is 11.1 Å². The number of carbonyl (C=O) groups is 1. The number of hydrogen-bond donors (Lipinski definition) is 1. The van der Waals surface area contributed by atoms with E-state index in [9.17, 15) is 9.18 Å². The van der Waals surface area contributed by atoms with Crippen molar-refractivity contribution >= 4 is 29.1 Å². The van der Waals surface area contributed by atoms with Gasteiger partial charge in [0.25, 0.3) is 5.91 Å². The van der Waals surface area contributed by atoms with Gasteiger partial charge in [-0.05, 0) is 30.7 Å². The van der Waals surface area contributed by atoms with Gasteiger partial charge in [-0.25, -0.2) is 4.39 Å². The van der Waals surface area contributed by atoms with Gasteiger partial charge in [-0.15, -0.1) is 0 Å². The van der Waals surface area contributed by atoms with Gasteiger partial charge >= 0.3 is 0 Å². The van der Waals surface area contributed by atoms with Crippen molar-refractivity contribution < 1.29 is 13.9 Å². The first-order chi connectivity index (χ1) is 15.9. The second kappa shape index (κ2) is 9.06. The quantitative estimate of drug-likeness (QED) is 0.578. The first kappa shape index (κ1) is 22.3. The molecule has 33 heavy (non-hydrogen) atoms. The molecule has 3 heterocycles. The molecule has 172 valence electrons. The maximum absolute atomic E-state index is 13.5. The molecule has 5 rings (SSSR count). The molecule has 2 aromatic carbocycles. The van der Waals surface area contributed by atoms with Crippen molar-refractivity contribution in [3.8, 4) is 11.1 Å². The van der Waals surface area contributed by atoms with E-state index >= 15 is 0 Å². The number of amides is 1. The molecular weight excluding hydrogens is 466 g/mol. The normalized spacial score (nSPS) is 21.2. The third kappa shape index (κ3) is 4.26. The number of nitrogens with zero attached hydrogens (tertiary/aromatic N) is 3. The molecule has 2 fully saturated rings. The topological polar surface area (TPSA) is 61.5 Å². The summed E-state index contributed by atoms with van der Waals surface area (Å²) in [6.45, 7) is 4.95. The molecule has 2 atom stereocenters. The summed E-state index contributed by atoms with van der Waals surface area (Å²) in [6.07, 6.45) is 1.54. The van der Waals surface area contributed by atoms with E-state index in [0.29, 0.717) is 36.8 Å². The molecule has 3 aromatic rings. The zero-order valence-corrected chi connectivity index (χ0v) is 19.5. The van der Waals surface area contributed by atoms with E-state index in [2.05, 4.69) is 15.1 Å². The number of hydrogen-bond acceptors (Lipinski definition) is 4. The second-order valence-electron chi connectivity index (χ2n) is 8.47. The fourth-order valence-electron chi connectivity index (χ4n) is 4.58. The molecule has 0 spiro atoms. The number of aromatic amines is 1. The molecule has 2 aliphatic heterocycles. The van der Waals surface area contributed by atoms with Gasteiger partial charge in [0, 0.05) is 43.0 Å². The Morgan fingerprint density at radius 3 is 2.79 bits per heavy atom. The maximum Gasteiger partial charge on any atom is 0.255 e. The number of aromatic nitrogens is 2. The van der Waals surface area contributed by atoms with Crippen LogP contribution in [0.3, 0.4) is 0 Å². The van der Waals surface area contributed by atoms with Gasteiger partial charge in [0.15, 0.2) is 0 Å². The number of fused-ring (bicyclic) bond motifs is 1. The van der Waals surface area contributed by atoms with Crippen molar-refractivity contribution in [1.29, 1.82) is 0 Å². The van der Waals surface area contributed by atoms with Gasteiger partial charge in [-0.3, -0.25) is 14.8 Å². The minimum Gasteiger partial charge on any atom is -0.370 e. The Bertz CT molecular complexity index is 1200. The molecule has 0 unspecified atom stereocenters. The minimum atomic E-state index is -0.438. The number of H-pyrrole nitrogens is 1. The number of benzene rings is 2. The Morgan fingerprint density at radius 2 is 2.03 bits per heavy atom. The van der Waals surface area contributed by atoms with Crippen molar-refractivity contribution in [2.75, 3.05) is 32.8 Å². The van der Waals surface area contributed by atoms with Crippen LogP contribution in [0.1, 0.15) is 27.7 Å². The Morgan fingerprint density at radius 1 is 1.18 bits per heavy atom. The highest BCUT2D eigenvalue weighted by Crippen LogP contribution is 2.34. The Labute approximate surface area is 201 Å². The Hall–Kier alpha value is -2.45. The summed E-state index contributed by atoms with van der Waals surface area (Å²) in [6, 6.07) is 10.3. The van der Waals surface area contributed by atoms with E-state index in [1.54, 1.807) is 24.4 Å². The van der Waals surface area contributed by atoms with E-state index in [1.165, 1.54) is 6.07 Å². The number of halogens is 3. The van der Waals surface area contributed by atoms with Gasteiger partial charge in [0.1, 0.15) is 5.82 Å². The summed E-state index contributed by atoms with van der Waals surface area (Å²) in [5.74, 6) is -0.526. The van der Waals surface area contributed by atoms with Crippen molar-refractivity contribution in [2.45, 2.75) is 19.1 Å². The van der Waals surface area contributed by atoms with Crippen LogP contribution in [-0.4, -0.2) is 64.7 Å². The molecule has 0 saturated carbocycles. The number of nitrogens with one attached hydrogen (secondary N) is 1. The molecule has 2 saturated heterocycles. The summed E-state index contributed by atoms with van der Waals surface area (Å²) in [5.41, 5.74) is 3.91. The Kier molecular flexibility index (Phi) is 6.14. The first-order valence-corrected chi connectivity index (χ1v) is 11.6. The molecule has 9 heteroatoms. The summed E-state index contributed by atoms with van der Waals surface area (Å²) < 4.78 is 19.6. The lowest BCUT2D eigenvalue weighted by Gasteiger charge is -2.46. The first-order valence-electron chi connectivity index (χ1n) is 10.8. The zero-order chi connectivity index (χ0) is 23.1. The molecule has 2 aliphatic rings. The summed E-state index contributed by atoms with van der Waals surface area (Å²) in [5, 5.41) is 7.50. The fourth-order valence-corrected chi connectivity index (χ4v) is 5.08. The highest BCUT2D eigenvalue weighted by Gasteiger charge is 2.36. The lowest BCUT2D eigenvalue weighted by Crippen LogP contribution is -2.59. The average Bonchev–Trinajstić information content (AvgIpc) is 3.25. The zero-order valence-electron chi connectivity index (χ0n) is 18.0. The second-order valence-corrected chi connectivity index (χ2v) is 9.26. The summed E-state index contributed by atoms with van der Waals surface area (Å²) in [4.78, 5) is 17.5. The largest absolute Gasteiger partial charge is 0.370 e. The van der Waals surface area contributed by atoms with E-state index in [-0.39, 0.29) is 23.1 Å². The molecule has 1 aromatic heterocycles. The van der Waals surface area contributed by atoms with Crippen LogP contribution in [0.4, 0.5) is 4.39 Å². The number of ether oxygens (including phenoxy) is 1. The van der Waals surface area contributed by atoms with E-state index in [0.717, 1.165) is 28.9 Å². The third-order valence-electron chi connectivity index (χ3n) is 6.45. The number of morpholine rings is 1. The standard InChI is InChI=1S/C24H23Cl2FN4O2/c1-14-19(10-28-29-14)17-3-2-4-18(23(17)26)24(32)31-8-7-30-12-22(33-13-16(30)11-31)15-5-6-21(27)20(25)9-15/h2-6,9-10,16,22H,7-8,11-13H2,1H3,(H,28,29)/t16-,22-/m0/s1. The highest BCUT2D eigenvalue weighted by atomic mass is 35.5. The summed E-state index contributed by atoms with van der Waals surface area (Å²) in [7, 11) is 0. The third-order valence-corrected chi connectivity index (χ3v) is 7.14. The smallest absolute Gasteiger partial charge is 0.255 e. The number of rotatable bonds is 3. The van der Waals surface area contributed by atoms with E-state index in [4.69, 9.17) is 27.9 Å². The van der Waals surface area contributed by atoms with Gasteiger partial charge < -0.3 is 9.64 Å². The number of carbonyl (C=O) groups excluding carboxylic acids is 1. The van der Waals surface area contributed by atoms with Gasteiger partial charge in [0.2, 0.25) is 0 Å². The Balaban J connectivity index is 1.29. The molecule has 1 N–H and O–H groups in total. The van der Waals surface area contributed by atoms with E-state index in [1.807, 2.05) is 24.0 Å². The highest BCUT2D eigenvalue weighted by molar-refractivity contribution is 6.36. The van der Waals surface area contributed by atoms with Crippen molar-refractivity contribution in [3.05, 3.63) is 75.3 Å². The van der Waals surface area contributed by atoms with Gasteiger partial charge in [-0.1, -0.05) is 41.4 Å². The van der Waals surface area contributed by atoms with Crippen molar-refractivity contribution in [1.82, 2.24) is 20.0 Å². The molecule has 0 bridgehead atoms. The molecule has 6 nitrogen and oxygen atoms in total. The molecular formula is C24H23Cl2FN4O2. The lowest BCUT2D eigenvalue weighted by molar-refractivity contribution is -0.0858. The van der Waals surface area contributed by atoms with E-state index < -0.39 is 5.82 Å². The average molecular weight is 489 g/mol. The number of aryl methyl sites for hydroxylation is 1. The van der Waals surface area contributed by atoms with Gasteiger partial charge in [-0.2, -0.15) is 5.10 Å².